The number of hydrogen-bond acceptors (Lipinski definition) is 5. The molecule has 0 aliphatic rings. The van der Waals surface area contributed by atoms with E-state index in [1.807, 2.05) is 0 Å². The number of hydrogen-bond donors (Lipinski definition) is 3. The van der Waals surface area contributed by atoms with E-state index in [2.05, 4.69) is 31.3 Å². The molecule has 0 aromatic carbocycles. The summed E-state index contributed by atoms with van der Waals surface area (Å²) in [5.74, 6) is -0.00853. The zero-order chi connectivity index (χ0) is 57.8. The molecule has 0 radical (unpaired) electrons. The molecule has 0 aromatic rings. The van der Waals surface area contributed by atoms with Gasteiger partial charge in [0.05, 0.1) is 25.4 Å². The van der Waals surface area contributed by atoms with Crippen LogP contribution in [0.15, 0.2) is 12.2 Å². The van der Waals surface area contributed by atoms with Gasteiger partial charge in [0.15, 0.2) is 0 Å². The Balaban J connectivity index is 3.35. The third kappa shape index (κ3) is 65.7. The number of aliphatic hydroxyl groups is 2. The molecular formula is C74H145NO5. The van der Waals surface area contributed by atoms with Crippen molar-refractivity contribution in [3.05, 3.63) is 12.2 Å². The molecule has 0 heterocycles. The third-order valence-electron chi connectivity index (χ3n) is 17.6. The molecular weight excluding hydrogens is 983 g/mol. The molecule has 0 rings (SSSR count). The van der Waals surface area contributed by atoms with Crippen LogP contribution in [0.2, 0.25) is 0 Å². The van der Waals surface area contributed by atoms with E-state index in [4.69, 9.17) is 4.74 Å². The van der Waals surface area contributed by atoms with E-state index < -0.39 is 12.1 Å². The van der Waals surface area contributed by atoms with Crippen LogP contribution >= 0.6 is 0 Å². The largest absolute Gasteiger partial charge is 0.466 e. The summed E-state index contributed by atoms with van der Waals surface area (Å²) in [6, 6.07) is -0.541. The average Bonchev–Trinajstić information content (AvgIpc) is 3.46. The standard InChI is InChI=1S/C74H145NO5/c1-3-5-7-9-11-13-15-17-19-21-35-38-42-46-50-54-58-62-66-72(77)71(70-76)75-73(78)67-63-59-55-51-47-43-39-36-33-31-29-27-25-23-22-24-26-28-30-32-34-37-41-45-49-53-57-61-65-69-80-74(79)68-64-60-56-52-48-44-40-20-18-16-14-12-10-8-6-4-2/h22,24,71-72,76-77H,3-21,23,25-70H2,1-2H3,(H,75,78)/b24-22-. The van der Waals surface area contributed by atoms with Gasteiger partial charge in [-0.3, -0.25) is 9.59 Å². The highest BCUT2D eigenvalue weighted by molar-refractivity contribution is 5.76. The van der Waals surface area contributed by atoms with Crippen LogP contribution in [-0.2, 0) is 14.3 Å². The van der Waals surface area contributed by atoms with Crippen LogP contribution in [0, 0.1) is 0 Å². The Morgan fingerprint density at radius 1 is 0.338 bits per heavy atom. The number of ether oxygens (including phenoxy) is 1. The number of nitrogens with one attached hydrogen (secondary N) is 1. The lowest BCUT2D eigenvalue weighted by Gasteiger charge is -2.22. The lowest BCUT2D eigenvalue weighted by atomic mass is 10.0. The van der Waals surface area contributed by atoms with Gasteiger partial charge in [0.25, 0.3) is 0 Å². The molecule has 0 aliphatic carbocycles. The van der Waals surface area contributed by atoms with Crippen molar-refractivity contribution in [3.8, 4) is 0 Å². The van der Waals surface area contributed by atoms with Crippen molar-refractivity contribution in [1.82, 2.24) is 5.32 Å². The van der Waals surface area contributed by atoms with Gasteiger partial charge in [-0.05, 0) is 51.4 Å². The molecule has 6 heteroatoms. The van der Waals surface area contributed by atoms with E-state index in [9.17, 15) is 19.8 Å². The predicted octanol–water partition coefficient (Wildman–Crippen LogP) is 23.9. The maximum atomic E-state index is 12.5. The quantitative estimate of drug-likeness (QED) is 0.0320. The molecule has 476 valence electrons. The maximum absolute atomic E-state index is 12.5. The molecule has 0 bridgehead atoms. The van der Waals surface area contributed by atoms with E-state index in [-0.39, 0.29) is 18.5 Å². The first-order valence-corrected chi connectivity index (χ1v) is 36.9. The van der Waals surface area contributed by atoms with Gasteiger partial charge in [0, 0.05) is 12.8 Å². The topological polar surface area (TPSA) is 95.9 Å². The second-order valence-corrected chi connectivity index (χ2v) is 25.6. The zero-order valence-corrected chi connectivity index (χ0v) is 54.6. The van der Waals surface area contributed by atoms with Gasteiger partial charge in [-0.2, -0.15) is 0 Å². The number of carbonyl (C=O) groups excluding carboxylic acids is 2. The molecule has 2 unspecified atom stereocenters. The van der Waals surface area contributed by atoms with Crippen molar-refractivity contribution in [2.24, 2.45) is 0 Å². The second kappa shape index (κ2) is 70.1. The molecule has 0 spiro atoms. The molecule has 2 atom stereocenters. The molecule has 1 amide bonds. The van der Waals surface area contributed by atoms with Crippen molar-refractivity contribution in [2.75, 3.05) is 13.2 Å². The fraction of sp³-hybridized carbons (Fsp3) is 0.946. The molecule has 6 nitrogen and oxygen atoms in total. The first-order chi connectivity index (χ1) is 39.5. The van der Waals surface area contributed by atoms with Gasteiger partial charge in [-0.1, -0.05) is 373 Å². The molecule has 3 N–H and O–H groups in total. The van der Waals surface area contributed by atoms with Crippen LogP contribution in [0.25, 0.3) is 0 Å². The number of rotatable bonds is 70. The minimum Gasteiger partial charge on any atom is -0.466 e. The predicted molar refractivity (Wildman–Crippen MR) is 352 cm³/mol. The lowest BCUT2D eigenvalue weighted by molar-refractivity contribution is -0.143. The number of amides is 1. The monoisotopic (exact) mass is 1130 g/mol. The third-order valence-corrected chi connectivity index (χ3v) is 17.6. The van der Waals surface area contributed by atoms with Crippen molar-refractivity contribution in [2.45, 2.75) is 437 Å². The molecule has 0 saturated carbocycles. The van der Waals surface area contributed by atoms with Crippen LogP contribution in [0.1, 0.15) is 425 Å². The number of unbranched alkanes of at least 4 members (excludes halogenated alkanes) is 57. The summed E-state index contributed by atoms with van der Waals surface area (Å²) in [4.78, 5) is 24.6. The van der Waals surface area contributed by atoms with E-state index in [0.29, 0.717) is 25.9 Å². The Kier molecular flexibility index (Phi) is 68.9. The number of carbonyl (C=O) groups is 2. The van der Waals surface area contributed by atoms with Crippen molar-refractivity contribution in [3.63, 3.8) is 0 Å². The van der Waals surface area contributed by atoms with Crippen molar-refractivity contribution in [1.29, 1.82) is 0 Å². The number of aliphatic hydroxyl groups excluding tert-OH is 2. The zero-order valence-electron chi connectivity index (χ0n) is 54.6. The van der Waals surface area contributed by atoms with Gasteiger partial charge in [0.2, 0.25) is 5.91 Å². The minimum atomic E-state index is -0.664. The van der Waals surface area contributed by atoms with E-state index >= 15 is 0 Å². The van der Waals surface area contributed by atoms with Crippen LogP contribution in [0.5, 0.6) is 0 Å². The second-order valence-electron chi connectivity index (χ2n) is 25.6. The highest BCUT2D eigenvalue weighted by Crippen LogP contribution is 2.19. The van der Waals surface area contributed by atoms with Crippen LogP contribution in [0.4, 0.5) is 0 Å². The lowest BCUT2D eigenvalue weighted by Crippen LogP contribution is -2.45. The van der Waals surface area contributed by atoms with Gasteiger partial charge in [-0.15, -0.1) is 0 Å². The Morgan fingerprint density at radius 3 is 0.887 bits per heavy atom. The van der Waals surface area contributed by atoms with Crippen molar-refractivity contribution >= 4 is 11.9 Å². The molecule has 0 aromatic heterocycles. The maximum Gasteiger partial charge on any atom is 0.305 e. The SMILES string of the molecule is CCCCCCCCCCCCCCCCCCCCC(O)C(CO)NC(=O)CCCCCCCCCCCCCCC/C=C\CCCCCCCCCCCCCCOC(=O)CCCCCCCCCCCCCCCCCC. The van der Waals surface area contributed by atoms with Crippen LogP contribution in [0.3, 0.4) is 0 Å². The fourth-order valence-corrected chi connectivity index (χ4v) is 11.9. The summed E-state index contributed by atoms with van der Waals surface area (Å²) in [6.07, 6.45) is 87.0. The smallest absolute Gasteiger partial charge is 0.305 e. The van der Waals surface area contributed by atoms with Gasteiger partial charge in [-0.25, -0.2) is 0 Å². The van der Waals surface area contributed by atoms with Crippen LogP contribution in [-0.4, -0.2) is 47.4 Å². The minimum absolute atomic E-state index is 0.0211. The molecule has 0 aliphatic heterocycles. The summed E-state index contributed by atoms with van der Waals surface area (Å²) in [5.41, 5.74) is 0. The van der Waals surface area contributed by atoms with Gasteiger partial charge >= 0.3 is 5.97 Å². The summed E-state index contributed by atoms with van der Waals surface area (Å²) in [5, 5.41) is 23.4. The summed E-state index contributed by atoms with van der Waals surface area (Å²) < 4.78 is 5.51. The molecule has 0 saturated heterocycles. The molecule has 80 heavy (non-hydrogen) atoms. The van der Waals surface area contributed by atoms with Gasteiger partial charge in [0.1, 0.15) is 0 Å². The highest BCUT2D eigenvalue weighted by atomic mass is 16.5. The molecule has 0 fully saturated rings. The van der Waals surface area contributed by atoms with Crippen molar-refractivity contribution < 1.29 is 24.5 Å². The Morgan fingerprint density at radius 2 is 0.588 bits per heavy atom. The normalized spacial score (nSPS) is 12.5. The first kappa shape index (κ1) is 78.6. The van der Waals surface area contributed by atoms with Gasteiger partial charge < -0.3 is 20.3 Å². The fourth-order valence-electron chi connectivity index (χ4n) is 11.9. The first-order valence-electron chi connectivity index (χ1n) is 36.9. The Labute approximate surface area is 501 Å². The van der Waals surface area contributed by atoms with Crippen LogP contribution < -0.4 is 5.32 Å². The summed E-state index contributed by atoms with van der Waals surface area (Å²) >= 11 is 0. The summed E-state index contributed by atoms with van der Waals surface area (Å²) in [6.45, 7) is 5.00. The highest BCUT2D eigenvalue weighted by Gasteiger charge is 2.20. The number of esters is 1. The van der Waals surface area contributed by atoms with E-state index in [1.54, 1.807) is 0 Å². The van der Waals surface area contributed by atoms with E-state index in [0.717, 1.165) is 38.5 Å². The Bertz CT molecular complexity index is 1210. The average molecular weight is 1130 g/mol. The summed E-state index contributed by atoms with van der Waals surface area (Å²) in [7, 11) is 0. The van der Waals surface area contributed by atoms with E-state index in [1.165, 1.54) is 353 Å². The number of allylic oxidation sites excluding steroid dienone is 2. The Hall–Kier alpha value is -1.40.